The topological polar surface area (TPSA) is 77.1 Å². The molecule has 4 heterocycles. The van der Waals surface area contributed by atoms with Gasteiger partial charge in [0.1, 0.15) is 0 Å². The molecule has 0 saturated carbocycles. The van der Waals surface area contributed by atoms with Crippen LogP contribution in [0.3, 0.4) is 0 Å². The lowest BCUT2D eigenvalue weighted by Crippen LogP contribution is -2.29. The van der Waals surface area contributed by atoms with E-state index in [4.69, 9.17) is 0 Å². The van der Waals surface area contributed by atoms with Crippen LogP contribution in [0.1, 0.15) is 0 Å². The molecule has 4 aromatic heterocycles. The Morgan fingerprint density at radius 1 is 0.300 bits per heavy atom. The Morgan fingerprint density at radius 3 is 0.725 bits per heavy atom. The third-order valence-corrected chi connectivity index (χ3v) is 8.41. The average molecular weight is 517 g/mol. The van der Waals surface area contributed by atoms with Gasteiger partial charge in [-0.3, -0.25) is 19.2 Å². The molecule has 0 aliphatic heterocycles. The molecule has 40 heavy (non-hydrogen) atoms. The van der Waals surface area contributed by atoms with Crippen molar-refractivity contribution in [2.24, 2.45) is 0 Å². The molecule has 0 N–H and O–H groups in total. The molecule has 0 radical (unpaired) electrons. The lowest BCUT2D eigenvalue weighted by molar-refractivity contribution is 1.08. The molecule has 0 unspecified atom stereocenters. The van der Waals surface area contributed by atoms with E-state index >= 15 is 0 Å². The van der Waals surface area contributed by atoms with Gasteiger partial charge in [-0.15, -0.1) is 0 Å². The first kappa shape index (κ1) is 21.3. The van der Waals surface area contributed by atoms with Crippen LogP contribution in [0.5, 0.6) is 0 Å². The van der Waals surface area contributed by atoms with E-state index in [2.05, 4.69) is 0 Å². The second kappa shape index (κ2) is 7.07. The minimum absolute atomic E-state index is 0.395. The molecule has 0 atom stereocenters. The van der Waals surface area contributed by atoms with Crippen LogP contribution in [0.15, 0.2) is 116 Å². The molecule has 0 aliphatic rings. The van der Waals surface area contributed by atoms with Crippen molar-refractivity contribution in [3.05, 3.63) is 138 Å². The van der Waals surface area contributed by atoms with Crippen molar-refractivity contribution in [2.45, 2.75) is 0 Å². The van der Waals surface area contributed by atoms with E-state index < -0.39 is 22.2 Å². The largest absolute Gasteiger partial charge is 0.268 e. The van der Waals surface area contributed by atoms with Crippen LogP contribution in [0.2, 0.25) is 0 Å². The maximum atomic E-state index is 14.0. The van der Waals surface area contributed by atoms with E-state index in [1.807, 2.05) is 48.5 Å². The number of nitrogens with zero attached hydrogens (tertiary/aromatic N) is 2. The summed E-state index contributed by atoms with van der Waals surface area (Å²) in [6.45, 7) is 0. The molecule has 5 aromatic carbocycles. The van der Waals surface area contributed by atoms with Gasteiger partial charge < -0.3 is 0 Å². The van der Waals surface area contributed by atoms with Gasteiger partial charge in [0, 0.05) is 43.1 Å². The van der Waals surface area contributed by atoms with E-state index in [1.165, 1.54) is 8.80 Å². The van der Waals surface area contributed by atoms with Crippen LogP contribution in [-0.4, -0.2) is 8.80 Å². The summed E-state index contributed by atoms with van der Waals surface area (Å²) in [6, 6.07) is 28.9. The average Bonchev–Trinajstić information content (AvgIpc) is 3.00. The second-order valence-electron chi connectivity index (χ2n) is 10.3. The van der Waals surface area contributed by atoms with E-state index in [-0.39, 0.29) is 0 Å². The lowest BCUT2D eigenvalue weighted by Gasteiger charge is -2.20. The smallest absolute Gasteiger partial charge is 0.266 e. The molecule has 0 saturated heterocycles. The summed E-state index contributed by atoms with van der Waals surface area (Å²) < 4.78 is 2.57. The van der Waals surface area contributed by atoms with Gasteiger partial charge in [0.05, 0.1) is 11.0 Å². The van der Waals surface area contributed by atoms with Gasteiger partial charge in [-0.25, -0.2) is 8.80 Å². The van der Waals surface area contributed by atoms with Crippen molar-refractivity contribution in [2.75, 3.05) is 0 Å². The maximum absolute atomic E-state index is 14.0. The summed E-state index contributed by atoms with van der Waals surface area (Å²) >= 11 is 0. The van der Waals surface area contributed by atoms with Crippen LogP contribution in [-0.2, 0) is 0 Å². The number of benzene rings is 5. The van der Waals surface area contributed by atoms with Crippen LogP contribution < -0.4 is 22.2 Å². The molecule has 6 heteroatoms. The van der Waals surface area contributed by atoms with E-state index in [9.17, 15) is 19.2 Å². The van der Waals surface area contributed by atoms with E-state index in [0.29, 0.717) is 75.7 Å². The predicted molar refractivity (Wildman–Crippen MR) is 161 cm³/mol. The fourth-order valence-electron chi connectivity index (χ4n) is 6.84. The zero-order valence-corrected chi connectivity index (χ0v) is 20.8. The monoisotopic (exact) mass is 516 g/mol. The SMILES string of the molecule is O=c1c2ccccc2c2c3c4ccccc4c(=O)n4c(=O)c5ccccc5c(c5c6ccccc6c(=O)n1c25)c34. The van der Waals surface area contributed by atoms with E-state index in [1.54, 1.807) is 48.5 Å². The molecule has 186 valence electrons. The number of aromatic nitrogens is 2. The molecule has 9 aromatic rings. The summed E-state index contributed by atoms with van der Waals surface area (Å²) in [5.74, 6) is 0. The van der Waals surface area contributed by atoms with Gasteiger partial charge in [0.25, 0.3) is 22.2 Å². The Morgan fingerprint density at radius 2 is 0.500 bits per heavy atom. The summed E-state index contributed by atoms with van der Waals surface area (Å²) in [4.78, 5) is 56.2. The van der Waals surface area contributed by atoms with Crippen molar-refractivity contribution in [3.63, 3.8) is 0 Å². The Labute approximate surface area is 222 Å². The zero-order chi connectivity index (χ0) is 26.9. The van der Waals surface area contributed by atoms with Crippen LogP contribution >= 0.6 is 0 Å². The van der Waals surface area contributed by atoms with Gasteiger partial charge in [-0.2, -0.15) is 0 Å². The Hall–Kier alpha value is -5.62. The molecule has 0 amide bonds. The molecule has 0 spiro atoms. The summed E-state index contributed by atoms with van der Waals surface area (Å²) in [5.41, 5.74) is -0.591. The number of pyridine rings is 4. The number of rotatable bonds is 0. The van der Waals surface area contributed by atoms with Gasteiger partial charge in [-0.05, 0) is 45.8 Å². The fraction of sp³-hybridized carbons (Fsp3) is 0. The van der Waals surface area contributed by atoms with Crippen molar-refractivity contribution in [1.82, 2.24) is 8.80 Å². The Balaban J connectivity index is 1.91. The van der Waals surface area contributed by atoms with Gasteiger partial charge in [-0.1, -0.05) is 72.8 Å². The molecule has 0 aliphatic carbocycles. The quantitative estimate of drug-likeness (QED) is 0.199. The first-order valence-electron chi connectivity index (χ1n) is 13.0. The van der Waals surface area contributed by atoms with Gasteiger partial charge in [0.2, 0.25) is 0 Å². The highest BCUT2D eigenvalue weighted by atomic mass is 16.2. The van der Waals surface area contributed by atoms with Crippen molar-refractivity contribution in [3.8, 4) is 0 Å². The molecule has 9 rings (SSSR count). The lowest BCUT2D eigenvalue weighted by atomic mass is 9.89. The fourth-order valence-corrected chi connectivity index (χ4v) is 6.84. The van der Waals surface area contributed by atoms with Gasteiger partial charge >= 0.3 is 0 Å². The molecular weight excluding hydrogens is 500 g/mol. The highest BCUT2D eigenvalue weighted by Gasteiger charge is 2.26. The van der Waals surface area contributed by atoms with Gasteiger partial charge in [0.15, 0.2) is 0 Å². The summed E-state index contributed by atoms with van der Waals surface area (Å²) in [5, 5.41) is 6.94. The van der Waals surface area contributed by atoms with Crippen LogP contribution in [0, 0.1) is 0 Å². The normalized spacial score (nSPS) is 12.4. The first-order valence-corrected chi connectivity index (χ1v) is 13.0. The van der Waals surface area contributed by atoms with Crippen LogP contribution in [0.4, 0.5) is 0 Å². The standard InChI is InChI=1S/C34H16N2O4/c37-31-21-13-5-1-9-17(21)25-26-18-10-2-6-14-22(18)33(39)36-30(26)28(20-12-4-8-16-24(20)34(36)40)27-19-11-3-7-15-23(19)32(38)35(31)29(25)27/h1-16H. The third-order valence-electron chi connectivity index (χ3n) is 8.41. The Bertz CT molecular complexity index is 2460. The van der Waals surface area contributed by atoms with Crippen LogP contribution in [0.25, 0.3) is 75.7 Å². The number of hydrogen-bond donors (Lipinski definition) is 0. The van der Waals surface area contributed by atoms with Crippen molar-refractivity contribution < 1.29 is 0 Å². The summed E-state index contributed by atoms with van der Waals surface area (Å²) in [7, 11) is 0. The highest BCUT2D eigenvalue weighted by molar-refractivity contribution is 6.41. The first-order chi connectivity index (χ1) is 19.6. The maximum Gasteiger partial charge on any atom is 0.266 e. The minimum atomic E-state index is -0.395. The molecule has 0 fully saturated rings. The number of fused-ring (bicyclic) bond motifs is 10. The molecule has 0 bridgehead atoms. The predicted octanol–water partition coefficient (Wildman–Crippen LogP) is 5.43. The minimum Gasteiger partial charge on any atom is -0.268 e. The zero-order valence-electron chi connectivity index (χ0n) is 20.8. The third kappa shape index (κ3) is 2.28. The van der Waals surface area contributed by atoms with E-state index in [0.717, 1.165) is 0 Å². The summed E-state index contributed by atoms with van der Waals surface area (Å²) in [6.07, 6.45) is 0. The molecular formula is C34H16N2O4. The molecule has 6 nitrogen and oxygen atoms in total. The Kier molecular flexibility index (Phi) is 3.77. The van der Waals surface area contributed by atoms with Crippen molar-refractivity contribution >= 4 is 75.7 Å². The second-order valence-corrected chi connectivity index (χ2v) is 10.3. The number of hydrogen-bond acceptors (Lipinski definition) is 4. The van der Waals surface area contributed by atoms with Crippen molar-refractivity contribution in [1.29, 1.82) is 0 Å². The highest BCUT2D eigenvalue weighted by Crippen LogP contribution is 2.43.